The summed E-state index contributed by atoms with van der Waals surface area (Å²) in [5.41, 5.74) is 5.96. The van der Waals surface area contributed by atoms with Crippen molar-refractivity contribution in [1.82, 2.24) is 4.90 Å². The van der Waals surface area contributed by atoms with Crippen LogP contribution in [0.1, 0.15) is 36.0 Å². The van der Waals surface area contributed by atoms with Gasteiger partial charge in [0, 0.05) is 44.4 Å². The van der Waals surface area contributed by atoms with E-state index in [4.69, 9.17) is 9.47 Å². The lowest BCUT2D eigenvalue weighted by Gasteiger charge is -2.37. The minimum absolute atomic E-state index is 0.0378. The van der Waals surface area contributed by atoms with Gasteiger partial charge in [-0.25, -0.2) is 0 Å². The smallest absolute Gasteiger partial charge is 0.294 e. The molecule has 7 nitrogen and oxygen atoms in total. The summed E-state index contributed by atoms with van der Waals surface area (Å²) in [5, 5.41) is 0. The summed E-state index contributed by atoms with van der Waals surface area (Å²) in [7, 11) is 0. The number of amides is 1. The molecule has 0 bridgehead atoms. The highest BCUT2D eigenvalue weighted by atomic mass is 16.5. The van der Waals surface area contributed by atoms with Crippen LogP contribution < -0.4 is 14.5 Å². The monoisotopic (exact) mass is 465 g/mol. The van der Waals surface area contributed by atoms with Crippen LogP contribution in [-0.2, 0) is 20.7 Å². The van der Waals surface area contributed by atoms with E-state index in [1.807, 2.05) is 18.2 Å². The summed E-state index contributed by atoms with van der Waals surface area (Å²) in [6, 6.07) is 12.4. The highest BCUT2D eigenvalue weighted by Crippen LogP contribution is 2.31. The molecule has 2 aliphatic heterocycles. The molecule has 2 heterocycles. The van der Waals surface area contributed by atoms with Gasteiger partial charge >= 0.3 is 0 Å². The molecule has 0 atom stereocenters. The maximum Gasteiger partial charge on any atom is 0.294 e. The summed E-state index contributed by atoms with van der Waals surface area (Å²) in [5.74, 6) is 0.704. The summed E-state index contributed by atoms with van der Waals surface area (Å²) >= 11 is 0. The van der Waals surface area contributed by atoms with E-state index in [1.165, 1.54) is 21.7 Å². The van der Waals surface area contributed by atoms with Crippen molar-refractivity contribution in [3.8, 4) is 5.75 Å². The number of anilines is 2. The first kappa shape index (κ1) is 24.1. The molecule has 1 fully saturated rings. The molecule has 0 N–H and O–H groups in total. The van der Waals surface area contributed by atoms with Crippen molar-refractivity contribution in [2.45, 2.75) is 39.5 Å². The molecular weight excluding hydrogens is 430 g/mol. The Morgan fingerprint density at radius 2 is 1.79 bits per heavy atom. The summed E-state index contributed by atoms with van der Waals surface area (Å²) in [4.78, 5) is 29.4. The SMILES string of the molecule is Cc1cccc(N2CCN(CCCCOc3ccc4c(c3)N(COC=O)C(=O)CC4)CC2)c1C. The molecule has 2 aliphatic rings. The molecule has 0 saturated carbocycles. The van der Waals surface area contributed by atoms with Gasteiger partial charge in [0.05, 0.1) is 12.3 Å². The van der Waals surface area contributed by atoms with Gasteiger partial charge in [-0.3, -0.25) is 19.4 Å². The Hall–Kier alpha value is -3.06. The Labute approximate surface area is 202 Å². The number of unbranched alkanes of at least 4 members (excludes halogenated alkanes) is 1. The number of rotatable bonds is 10. The standard InChI is InChI=1S/C27H35N3O4/c1-21-6-5-7-25(22(21)2)29-15-13-28(14-16-29)12-3-4-17-34-24-10-8-23-9-11-27(32)30(19-33-20-31)26(23)18-24/h5-8,10,18,20H,3-4,9,11-17,19H2,1-2H3. The van der Waals surface area contributed by atoms with Gasteiger partial charge in [0.25, 0.3) is 6.47 Å². The van der Waals surface area contributed by atoms with Gasteiger partial charge < -0.3 is 14.4 Å². The second-order valence-corrected chi connectivity index (χ2v) is 9.11. The molecule has 0 radical (unpaired) electrons. The van der Waals surface area contributed by atoms with Crippen molar-refractivity contribution in [2.75, 3.05) is 55.9 Å². The number of hydrogen-bond acceptors (Lipinski definition) is 6. The Balaban J connectivity index is 1.19. The van der Waals surface area contributed by atoms with Gasteiger partial charge in [-0.2, -0.15) is 0 Å². The van der Waals surface area contributed by atoms with E-state index in [9.17, 15) is 9.59 Å². The van der Waals surface area contributed by atoms with Gasteiger partial charge in [0.1, 0.15) is 5.75 Å². The average molecular weight is 466 g/mol. The van der Waals surface area contributed by atoms with Crippen molar-refractivity contribution in [3.63, 3.8) is 0 Å². The lowest BCUT2D eigenvalue weighted by Crippen LogP contribution is -2.46. The van der Waals surface area contributed by atoms with Crippen molar-refractivity contribution < 1.29 is 19.1 Å². The fourth-order valence-corrected chi connectivity index (χ4v) is 4.77. The van der Waals surface area contributed by atoms with E-state index in [0.717, 1.165) is 62.6 Å². The van der Waals surface area contributed by atoms with Crippen LogP contribution in [0.4, 0.5) is 11.4 Å². The predicted octanol–water partition coefficient (Wildman–Crippen LogP) is 3.69. The van der Waals surface area contributed by atoms with Crippen LogP contribution in [0, 0.1) is 13.8 Å². The largest absolute Gasteiger partial charge is 0.494 e. The number of hydrogen-bond donors (Lipinski definition) is 0. The van der Waals surface area contributed by atoms with Crippen molar-refractivity contribution >= 4 is 23.8 Å². The lowest BCUT2D eigenvalue weighted by atomic mass is 10.0. The third kappa shape index (κ3) is 5.70. The summed E-state index contributed by atoms with van der Waals surface area (Å²) in [6.07, 6.45) is 3.19. The van der Waals surface area contributed by atoms with Crippen LogP contribution in [0.15, 0.2) is 36.4 Å². The predicted molar refractivity (Wildman–Crippen MR) is 134 cm³/mol. The minimum Gasteiger partial charge on any atom is -0.494 e. The third-order valence-corrected chi connectivity index (χ3v) is 6.95. The fourth-order valence-electron chi connectivity index (χ4n) is 4.77. The Kier molecular flexibility index (Phi) is 8.06. The molecule has 2 aromatic rings. The Bertz CT molecular complexity index is 1000. The van der Waals surface area contributed by atoms with E-state index >= 15 is 0 Å². The Morgan fingerprint density at radius 1 is 0.971 bits per heavy atom. The second kappa shape index (κ2) is 11.4. The van der Waals surface area contributed by atoms with Gasteiger partial charge in [-0.1, -0.05) is 18.2 Å². The highest BCUT2D eigenvalue weighted by Gasteiger charge is 2.25. The van der Waals surface area contributed by atoms with Crippen molar-refractivity contribution in [3.05, 3.63) is 53.1 Å². The molecule has 0 aliphatic carbocycles. The molecule has 0 unspecified atom stereocenters. The third-order valence-electron chi connectivity index (χ3n) is 6.95. The van der Waals surface area contributed by atoms with E-state index in [2.05, 4.69) is 41.8 Å². The van der Waals surface area contributed by atoms with Crippen LogP contribution in [-0.4, -0.2) is 63.3 Å². The number of fused-ring (bicyclic) bond motifs is 1. The van der Waals surface area contributed by atoms with E-state index in [-0.39, 0.29) is 12.6 Å². The minimum atomic E-state index is -0.0600. The molecule has 1 amide bonds. The van der Waals surface area contributed by atoms with Crippen LogP contribution in [0.3, 0.4) is 0 Å². The summed E-state index contributed by atoms with van der Waals surface area (Å²) in [6.45, 7) is 10.7. The van der Waals surface area contributed by atoms with Crippen molar-refractivity contribution in [2.24, 2.45) is 0 Å². The van der Waals surface area contributed by atoms with E-state index in [1.54, 1.807) is 0 Å². The quantitative estimate of drug-likeness (QED) is 0.394. The molecule has 4 rings (SSSR count). The van der Waals surface area contributed by atoms with E-state index < -0.39 is 0 Å². The molecule has 2 aromatic carbocycles. The van der Waals surface area contributed by atoms with Crippen LogP contribution in [0.2, 0.25) is 0 Å². The Morgan fingerprint density at radius 3 is 2.59 bits per heavy atom. The first-order chi connectivity index (χ1) is 16.6. The zero-order chi connectivity index (χ0) is 23.9. The number of benzene rings is 2. The number of nitrogens with zero attached hydrogens (tertiary/aromatic N) is 3. The number of carbonyl (C=O) groups excluding carboxylic acids is 2. The molecular formula is C27H35N3O4. The van der Waals surface area contributed by atoms with Gasteiger partial charge in [-0.05, 0) is 68.5 Å². The lowest BCUT2D eigenvalue weighted by molar-refractivity contribution is -0.130. The zero-order valence-electron chi connectivity index (χ0n) is 20.3. The highest BCUT2D eigenvalue weighted by molar-refractivity contribution is 5.96. The normalized spacial score (nSPS) is 16.4. The number of piperazine rings is 1. The maximum atomic E-state index is 12.2. The second-order valence-electron chi connectivity index (χ2n) is 9.11. The molecule has 0 aromatic heterocycles. The van der Waals surface area contributed by atoms with Crippen LogP contribution >= 0.6 is 0 Å². The molecule has 182 valence electrons. The first-order valence-electron chi connectivity index (χ1n) is 12.2. The summed E-state index contributed by atoms with van der Waals surface area (Å²) < 4.78 is 10.8. The van der Waals surface area contributed by atoms with Gasteiger partial charge in [-0.15, -0.1) is 0 Å². The average Bonchev–Trinajstić information content (AvgIpc) is 2.85. The maximum absolute atomic E-state index is 12.2. The topological polar surface area (TPSA) is 62.3 Å². The molecule has 0 spiro atoms. The molecule has 34 heavy (non-hydrogen) atoms. The zero-order valence-corrected chi connectivity index (χ0v) is 20.3. The van der Waals surface area contributed by atoms with Crippen molar-refractivity contribution in [1.29, 1.82) is 0 Å². The first-order valence-corrected chi connectivity index (χ1v) is 12.2. The van der Waals surface area contributed by atoms with Crippen LogP contribution in [0.5, 0.6) is 5.75 Å². The fraction of sp³-hybridized carbons (Fsp3) is 0.481. The van der Waals surface area contributed by atoms with Gasteiger partial charge in [0.2, 0.25) is 5.91 Å². The van der Waals surface area contributed by atoms with Gasteiger partial charge in [0.15, 0.2) is 6.73 Å². The number of carbonyl (C=O) groups is 2. The molecule has 1 saturated heterocycles. The molecule has 7 heteroatoms. The van der Waals surface area contributed by atoms with Crippen LogP contribution in [0.25, 0.3) is 0 Å². The number of ether oxygens (including phenoxy) is 2. The number of aryl methyl sites for hydroxylation is 2. The van der Waals surface area contributed by atoms with E-state index in [0.29, 0.717) is 25.9 Å².